The number of pyridine rings is 1. The monoisotopic (exact) mass is 498 g/mol. The molecule has 1 saturated carbocycles. The Morgan fingerprint density at radius 1 is 1.11 bits per heavy atom. The molecule has 1 aliphatic rings. The topological polar surface area (TPSA) is 86.9 Å². The van der Waals surface area contributed by atoms with Gasteiger partial charge < -0.3 is 15.6 Å². The number of aromatic amines is 1. The minimum Gasteiger partial charge on any atom is -0.356 e. The first-order valence-corrected chi connectivity index (χ1v) is 12.8. The first-order chi connectivity index (χ1) is 17.0. The van der Waals surface area contributed by atoms with Crippen LogP contribution in [0.15, 0.2) is 42.6 Å². The molecule has 1 amide bonds. The number of halogens is 2. The highest BCUT2D eigenvalue weighted by Gasteiger charge is 2.24. The van der Waals surface area contributed by atoms with Gasteiger partial charge in [0.15, 0.2) is 5.78 Å². The zero-order valence-electron chi connectivity index (χ0n) is 19.8. The Morgan fingerprint density at radius 2 is 1.89 bits per heavy atom. The normalized spacial score (nSPS) is 15.3. The van der Waals surface area contributed by atoms with Crippen LogP contribution in [0.1, 0.15) is 61.0 Å². The summed E-state index contributed by atoms with van der Waals surface area (Å²) in [5.74, 6) is -1.23. The third-order valence-electron chi connectivity index (χ3n) is 6.66. The molecule has 3 aromatic rings. The predicted molar refractivity (Wildman–Crippen MR) is 136 cm³/mol. The van der Waals surface area contributed by atoms with Crippen molar-refractivity contribution >= 4 is 34.2 Å². The van der Waals surface area contributed by atoms with Crippen molar-refractivity contribution in [1.29, 1.82) is 0 Å². The van der Waals surface area contributed by atoms with Crippen molar-refractivity contribution in [3.63, 3.8) is 0 Å². The number of nitrogens with zero attached hydrogens (tertiary/aromatic N) is 1. The smallest absolute Gasteiger partial charge is 0.223 e. The van der Waals surface area contributed by atoms with E-state index >= 15 is 0 Å². The van der Waals surface area contributed by atoms with E-state index in [-0.39, 0.29) is 23.9 Å². The summed E-state index contributed by atoms with van der Waals surface area (Å²) >= 11 is 5.96. The van der Waals surface area contributed by atoms with Crippen molar-refractivity contribution in [3.05, 3.63) is 64.8 Å². The second-order valence-corrected chi connectivity index (χ2v) is 9.75. The SMILES string of the molecule is O=C(C[C@@H](Cc1ccc(F)cc1)C(=O)NCCCNC1CCCCC1)c1cc2cc(Cl)ncc2[nH]1. The fraction of sp³-hybridized carbons (Fsp3) is 0.444. The zero-order valence-corrected chi connectivity index (χ0v) is 20.5. The lowest BCUT2D eigenvalue weighted by Gasteiger charge is -2.23. The van der Waals surface area contributed by atoms with Gasteiger partial charge in [0.25, 0.3) is 0 Å². The van der Waals surface area contributed by atoms with Crippen molar-refractivity contribution in [2.75, 3.05) is 13.1 Å². The van der Waals surface area contributed by atoms with E-state index in [0.29, 0.717) is 35.4 Å². The van der Waals surface area contributed by atoms with Crippen molar-refractivity contribution in [2.45, 2.75) is 57.4 Å². The minimum atomic E-state index is -0.563. The first-order valence-electron chi connectivity index (χ1n) is 12.4. The molecule has 35 heavy (non-hydrogen) atoms. The molecule has 0 saturated heterocycles. The van der Waals surface area contributed by atoms with E-state index in [2.05, 4.69) is 20.6 Å². The van der Waals surface area contributed by atoms with Crippen molar-refractivity contribution < 1.29 is 14.0 Å². The summed E-state index contributed by atoms with van der Waals surface area (Å²) in [7, 11) is 0. The van der Waals surface area contributed by atoms with Crippen LogP contribution in [0.25, 0.3) is 10.9 Å². The van der Waals surface area contributed by atoms with Crippen LogP contribution >= 0.6 is 11.6 Å². The van der Waals surface area contributed by atoms with Crippen molar-refractivity contribution in [2.24, 2.45) is 5.92 Å². The quantitative estimate of drug-likeness (QED) is 0.192. The minimum absolute atomic E-state index is 0.0392. The first kappa shape index (κ1) is 25.3. The molecule has 1 atom stereocenters. The van der Waals surface area contributed by atoms with Crippen LogP contribution in [0.5, 0.6) is 0 Å². The van der Waals surface area contributed by atoms with Crippen LogP contribution in [0.3, 0.4) is 0 Å². The Balaban J connectivity index is 1.36. The molecule has 0 unspecified atom stereocenters. The summed E-state index contributed by atoms with van der Waals surface area (Å²) in [6.07, 6.45) is 9.15. The summed E-state index contributed by atoms with van der Waals surface area (Å²) in [6.45, 7) is 1.40. The van der Waals surface area contributed by atoms with Gasteiger partial charge in [-0.2, -0.15) is 0 Å². The van der Waals surface area contributed by atoms with Crippen LogP contribution in [0.4, 0.5) is 4.39 Å². The van der Waals surface area contributed by atoms with Crippen molar-refractivity contribution in [1.82, 2.24) is 20.6 Å². The molecule has 6 nitrogen and oxygen atoms in total. The third kappa shape index (κ3) is 7.36. The van der Waals surface area contributed by atoms with E-state index in [9.17, 15) is 14.0 Å². The number of Topliss-reactive ketones (excluding diaryl/α,β-unsaturated/α-hetero) is 1. The predicted octanol–water partition coefficient (Wildman–Crippen LogP) is 5.22. The summed E-state index contributed by atoms with van der Waals surface area (Å²) in [5.41, 5.74) is 1.94. The average molecular weight is 499 g/mol. The van der Waals surface area contributed by atoms with E-state index in [0.717, 1.165) is 23.9 Å². The second-order valence-electron chi connectivity index (χ2n) is 9.37. The maximum absolute atomic E-state index is 13.4. The fourth-order valence-electron chi connectivity index (χ4n) is 4.71. The molecule has 4 rings (SSSR count). The fourth-order valence-corrected chi connectivity index (χ4v) is 4.87. The molecule has 3 N–H and O–H groups in total. The van der Waals surface area contributed by atoms with Gasteiger partial charge in [0.05, 0.1) is 17.4 Å². The van der Waals surface area contributed by atoms with Gasteiger partial charge in [-0.05, 0) is 62.1 Å². The Labute approximate surface area is 210 Å². The van der Waals surface area contributed by atoms with E-state index < -0.39 is 5.92 Å². The number of rotatable bonds is 11. The van der Waals surface area contributed by atoms with Crippen LogP contribution in [-0.4, -0.2) is 40.8 Å². The lowest BCUT2D eigenvalue weighted by atomic mass is 9.92. The number of H-pyrrole nitrogens is 1. The van der Waals surface area contributed by atoms with E-state index in [1.54, 1.807) is 30.5 Å². The lowest BCUT2D eigenvalue weighted by Crippen LogP contribution is -2.36. The molecule has 1 aromatic carbocycles. The van der Waals surface area contributed by atoms with Gasteiger partial charge in [0.1, 0.15) is 11.0 Å². The number of fused-ring (bicyclic) bond motifs is 1. The highest BCUT2D eigenvalue weighted by atomic mass is 35.5. The Kier molecular flexibility index (Phi) is 8.88. The number of aromatic nitrogens is 2. The van der Waals surface area contributed by atoms with Crippen LogP contribution in [0.2, 0.25) is 5.15 Å². The van der Waals surface area contributed by atoms with Crippen LogP contribution in [0, 0.1) is 11.7 Å². The Hall–Kier alpha value is -2.77. The number of hydrogen-bond donors (Lipinski definition) is 3. The molecule has 2 heterocycles. The number of carbonyl (C=O) groups excluding carboxylic acids is 2. The largest absolute Gasteiger partial charge is 0.356 e. The standard InChI is InChI=1S/C27H32ClFN4O2/c28-26-16-19-14-23(33-24(19)17-32-26)25(34)15-20(13-18-7-9-21(29)10-8-18)27(35)31-12-4-11-30-22-5-2-1-3-6-22/h7-10,14,16-17,20,22,30,33H,1-6,11-13,15H2,(H,31,35)/t20-/m1/s1. The second kappa shape index (κ2) is 12.3. The molecule has 8 heteroatoms. The molecule has 0 spiro atoms. The summed E-state index contributed by atoms with van der Waals surface area (Å²) in [5, 5.41) is 7.72. The number of amides is 1. The molecule has 0 radical (unpaired) electrons. The molecular formula is C27H32ClFN4O2. The van der Waals surface area contributed by atoms with Gasteiger partial charge in [0.2, 0.25) is 5.91 Å². The molecule has 1 aliphatic carbocycles. The van der Waals surface area contributed by atoms with Gasteiger partial charge in [-0.15, -0.1) is 0 Å². The number of benzene rings is 1. The number of carbonyl (C=O) groups is 2. The maximum Gasteiger partial charge on any atom is 0.223 e. The molecule has 2 aromatic heterocycles. The molecule has 0 bridgehead atoms. The third-order valence-corrected chi connectivity index (χ3v) is 6.87. The number of hydrogen-bond acceptors (Lipinski definition) is 4. The molecule has 186 valence electrons. The Bertz CT molecular complexity index is 1140. The highest BCUT2D eigenvalue weighted by Crippen LogP contribution is 2.22. The lowest BCUT2D eigenvalue weighted by molar-refractivity contribution is -0.124. The summed E-state index contributed by atoms with van der Waals surface area (Å²) < 4.78 is 13.4. The maximum atomic E-state index is 13.4. The number of nitrogens with one attached hydrogen (secondary N) is 3. The average Bonchev–Trinajstić information content (AvgIpc) is 3.28. The van der Waals surface area contributed by atoms with Crippen LogP contribution in [-0.2, 0) is 11.2 Å². The van der Waals surface area contributed by atoms with E-state index in [1.807, 2.05) is 0 Å². The Morgan fingerprint density at radius 3 is 2.66 bits per heavy atom. The zero-order chi connectivity index (χ0) is 24.6. The molecule has 0 aliphatic heterocycles. The van der Waals surface area contributed by atoms with Gasteiger partial charge in [-0.1, -0.05) is 43.0 Å². The van der Waals surface area contributed by atoms with E-state index in [1.165, 1.54) is 44.2 Å². The van der Waals surface area contributed by atoms with E-state index in [4.69, 9.17) is 11.6 Å². The summed E-state index contributed by atoms with van der Waals surface area (Å²) in [4.78, 5) is 33.2. The molecule has 1 fully saturated rings. The van der Waals surface area contributed by atoms with Crippen LogP contribution < -0.4 is 10.6 Å². The summed E-state index contributed by atoms with van der Waals surface area (Å²) in [6, 6.07) is 10.1. The highest BCUT2D eigenvalue weighted by molar-refractivity contribution is 6.30. The molecular weight excluding hydrogens is 467 g/mol. The van der Waals surface area contributed by atoms with Gasteiger partial charge >= 0.3 is 0 Å². The van der Waals surface area contributed by atoms with Crippen molar-refractivity contribution in [3.8, 4) is 0 Å². The number of ketones is 1. The van der Waals surface area contributed by atoms with Gasteiger partial charge in [-0.25, -0.2) is 9.37 Å². The van der Waals surface area contributed by atoms with Gasteiger partial charge in [0, 0.05) is 30.3 Å². The van der Waals surface area contributed by atoms with Gasteiger partial charge in [-0.3, -0.25) is 9.59 Å².